The van der Waals surface area contributed by atoms with Gasteiger partial charge in [0, 0.05) is 0 Å². The standard InChI is InChI=1S/C13H17Cl/c1-9-6-7-10(2)12(8-9)13(14)11-4-3-5-11/h6-8,11,13H,3-5H2,1-2H3. The smallest absolute Gasteiger partial charge is 0.0616 e. The number of halogens is 1. The van der Waals surface area contributed by atoms with E-state index in [1.807, 2.05) is 0 Å². The van der Waals surface area contributed by atoms with E-state index in [-0.39, 0.29) is 5.38 Å². The van der Waals surface area contributed by atoms with E-state index < -0.39 is 0 Å². The maximum absolute atomic E-state index is 6.49. The van der Waals surface area contributed by atoms with Crippen molar-refractivity contribution in [3.8, 4) is 0 Å². The second-order valence-electron chi connectivity index (χ2n) is 4.45. The van der Waals surface area contributed by atoms with Crippen LogP contribution in [0.3, 0.4) is 0 Å². The number of benzene rings is 1. The summed E-state index contributed by atoms with van der Waals surface area (Å²) in [6.45, 7) is 4.29. The van der Waals surface area contributed by atoms with E-state index in [0.29, 0.717) is 0 Å². The van der Waals surface area contributed by atoms with Crippen molar-refractivity contribution in [1.29, 1.82) is 0 Å². The zero-order valence-electron chi connectivity index (χ0n) is 8.89. The van der Waals surface area contributed by atoms with Crippen LogP contribution in [0.1, 0.15) is 41.3 Å². The molecule has 1 aliphatic carbocycles. The van der Waals surface area contributed by atoms with Crippen molar-refractivity contribution in [1.82, 2.24) is 0 Å². The Balaban J connectivity index is 2.24. The van der Waals surface area contributed by atoms with Gasteiger partial charge in [-0.2, -0.15) is 0 Å². The van der Waals surface area contributed by atoms with E-state index in [0.717, 1.165) is 5.92 Å². The molecular weight excluding hydrogens is 192 g/mol. The van der Waals surface area contributed by atoms with Crippen LogP contribution in [-0.4, -0.2) is 0 Å². The van der Waals surface area contributed by atoms with Crippen molar-refractivity contribution in [3.05, 3.63) is 34.9 Å². The lowest BCUT2D eigenvalue weighted by Gasteiger charge is -2.31. The van der Waals surface area contributed by atoms with E-state index in [1.165, 1.54) is 36.0 Å². The molecule has 0 N–H and O–H groups in total. The molecule has 0 saturated heterocycles. The van der Waals surface area contributed by atoms with Gasteiger partial charge in [0.1, 0.15) is 0 Å². The Morgan fingerprint density at radius 1 is 1.29 bits per heavy atom. The van der Waals surface area contributed by atoms with Crippen molar-refractivity contribution in [2.45, 2.75) is 38.5 Å². The van der Waals surface area contributed by atoms with E-state index >= 15 is 0 Å². The molecule has 0 bridgehead atoms. The lowest BCUT2D eigenvalue weighted by atomic mass is 9.79. The van der Waals surface area contributed by atoms with Gasteiger partial charge in [0.25, 0.3) is 0 Å². The highest BCUT2D eigenvalue weighted by Crippen LogP contribution is 2.42. The van der Waals surface area contributed by atoms with Crippen molar-refractivity contribution in [3.63, 3.8) is 0 Å². The normalized spacial score (nSPS) is 19.1. The SMILES string of the molecule is Cc1ccc(C)c(C(Cl)C2CCC2)c1. The summed E-state index contributed by atoms with van der Waals surface area (Å²) in [5.74, 6) is 0.720. The fraction of sp³-hybridized carbons (Fsp3) is 0.538. The highest BCUT2D eigenvalue weighted by molar-refractivity contribution is 6.21. The van der Waals surface area contributed by atoms with Gasteiger partial charge in [-0.05, 0) is 43.7 Å². The van der Waals surface area contributed by atoms with Gasteiger partial charge in [-0.1, -0.05) is 30.2 Å². The van der Waals surface area contributed by atoms with Gasteiger partial charge >= 0.3 is 0 Å². The molecule has 0 heterocycles. The first-order chi connectivity index (χ1) is 6.68. The number of aryl methyl sites for hydroxylation is 2. The van der Waals surface area contributed by atoms with Crippen LogP contribution in [0, 0.1) is 19.8 Å². The third-order valence-electron chi connectivity index (χ3n) is 3.30. The number of hydrogen-bond acceptors (Lipinski definition) is 0. The van der Waals surface area contributed by atoms with E-state index in [4.69, 9.17) is 11.6 Å². The Bertz CT molecular complexity index is 326. The van der Waals surface area contributed by atoms with Crippen molar-refractivity contribution in [2.75, 3.05) is 0 Å². The van der Waals surface area contributed by atoms with Crippen LogP contribution < -0.4 is 0 Å². The third kappa shape index (κ3) is 1.81. The average molecular weight is 209 g/mol. The molecule has 0 aromatic heterocycles. The molecule has 1 atom stereocenters. The fourth-order valence-corrected chi connectivity index (χ4v) is 2.53. The minimum atomic E-state index is 0.239. The molecule has 14 heavy (non-hydrogen) atoms. The van der Waals surface area contributed by atoms with Crippen molar-refractivity contribution >= 4 is 11.6 Å². The summed E-state index contributed by atoms with van der Waals surface area (Å²) in [5, 5.41) is 0.239. The van der Waals surface area contributed by atoms with Gasteiger partial charge in [-0.25, -0.2) is 0 Å². The van der Waals surface area contributed by atoms with Crippen LogP contribution in [-0.2, 0) is 0 Å². The summed E-state index contributed by atoms with van der Waals surface area (Å²) in [4.78, 5) is 0. The van der Waals surface area contributed by atoms with Crippen molar-refractivity contribution < 1.29 is 0 Å². The van der Waals surface area contributed by atoms with Crippen LogP contribution >= 0.6 is 11.6 Å². The van der Waals surface area contributed by atoms with Gasteiger partial charge < -0.3 is 0 Å². The molecule has 0 radical (unpaired) electrons. The highest BCUT2D eigenvalue weighted by Gasteiger charge is 2.27. The molecule has 1 fully saturated rings. The van der Waals surface area contributed by atoms with Gasteiger partial charge in [-0.3, -0.25) is 0 Å². The zero-order valence-corrected chi connectivity index (χ0v) is 9.64. The van der Waals surface area contributed by atoms with E-state index in [2.05, 4.69) is 32.0 Å². The Morgan fingerprint density at radius 2 is 2.00 bits per heavy atom. The molecule has 76 valence electrons. The van der Waals surface area contributed by atoms with Gasteiger partial charge in [0.05, 0.1) is 5.38 Å². The summed E-state index contributed by atoms with van der Waals surface area (Å²) in [6.07, 6.45) is 3.97. The molecule has 0 amide bonds. The molecule has 0 nitrogen and oxygen atoms in total. The van der Waals surface area contributed by atoms with Gasteiger partial charge in [0.15, 0.2) is 0 Å². The number of alkyl halides is 1. The molecular formula is C13H17Cl. The quantitative estimate of drug-likeness (QED) is 0.633. The first kappa shape index (κ1) is 10.0. The topological polar surface area (TPSA) is 0 Å². The predicted octanol–water partition coefficient (Wildman–Crippen LogP) is 4.38. The average Bonchev–Trinajstić information content (AvgIpc) is 2.06. The van der Waals surface area contributed by atoms with Crippen LogP contribution in [0.2, 0.25) is 0 Å². The first-order valence-electron chi connectivity index (χ1n) is 5.39. The minimum absolute atomic E-state index is 0.239. The molecule has 1 aliphatic rings. The molecule has 1 saturated carbocycles. The van der Waals surface area contributed by atoms with Crippen molar-refractivity contribution in [2.24, 2.45) is 5.92 Å². The fourth-order valence-electron chi connectivity index (χ4n) is 2.04. The maximum Gasteiger partial charge on any atom is 0.0616 e. The van der Waals surface area contributed by atoms with Gasteiger partial charge in [-0.15, -0.1) is 11.6 Å². The molecule has 2 rings (SSSR count). The molecule has 1 aromatic carbocycles. The summed E-state index contributed by atoms with van der Waals surface area (Å²) in [6, 6.07) is 6.58. The van der Waals surface area contributed by atoms with Crippen LogP contribution in [0.15, 0.2) is 18.2 Å². The molecule has 1 heteroatoms. The summed E-state index contributed by atoms with van der Waals surface area (Å²) in [5.41, 5.74) is 3.99. The lowest BCUT2D eigenvalue weighted by Crippen LogP contribution is -2.17. The van der Waals surface area contributed by atoms with Crippen LogP contribution in [0.4, 0.5) is 0 Å². The summed E-state index contributed by atoms with van der Waals surface area (Å²) >= 11 is 6.49. The Labute approximate surface area is 91.3 Å². The van der Waals surface area contributed by atoms with Gasteiger partial charge in [0.2, 0.25) is 0 Å². The second kappa shape index (κ2) is 3.94. The monoisotopic (exact) mass is 208 g/mol. The summed E-state index contributed by atoms with van der Waals surface area (Å²) in [7, 11) is 0. The Morgan fingerprint density at radius 3 is 2.57 bits per heavy atom. The first-order valence-corrected chi connectivity index (χ1v) is 5.83. The van der Waals surface area contributed by atoms with Crippen LogP contribution in [0.25, 0.3) is 0 Å². The lowest BCUT2D eigenvalue weighted by molar-refractivity contribution is 0.305. The largest absolute Gasteiger partial charge is 0.118 e. The van der Waals surface area contributed by atoms with E-state index in [1.54, 1.807) is 0 Å². The minimum Gasteiger partial charge on any atom is -0.118 e. The molecule has 0 aliphatic heterocycles. The molecule has 0 spiro atoms. The van der Waals surface area contributed by atoms with E-state index in [9.17, 15) is 0 Å². The zero-order chi connectivity index (χ0) is 10.1. The molecule has 1 unspecified atom stereocenters. The van der Waals surface area contributed by atoms with Crippen LogP contribution in [0.5, 0.6) is 0 Å². The second-order valence-corrected chi connectivity index (χ2v) is 4.92. The number of rotatable bonds is 2. The Kier molecular flexibility index (Phi) is 2.83. The predicted molar refractivity (Wildman–Crippen MR) is 61.9 cm³/mol. The number of hydrogen-bond donors (Lipinski definition) is 0. The summed E-state index contributed by atoms with van der Waals surface area (Å²) < 4.78 is 0. The highest BCUT2D eigenvalue weighted by atomic mass is 35.5. The Hall–Kier alpha value is -0.490. The molecule has 1 aromatic rings. The third-order valence-corrected chi connectivity index (χ3v) is 3.89. The maximum atomic E-state index is 6.49.